The van der Waals surface area contributed by atoms with Gasteiger partial charge < -0.3 is 16.1 Å². The van der Waals surface area contributed by atoms with Crippen molar-refractivity contribution in [3.63, 3.8) is 0 Å². The van der Waals surface area contributed by atoms with Crippen molar-refractivity contribution in [2.45, 2.75) is 58.3 Å². The molecule has 7 nitrogen and oxygen atoms in total. The highest BCUT2D eigenvalue weighted by molar-refractivity contribution is 6.35. The zero-order valence-electron chi connectivity index (χ0n) is 23.9. The molecule has 0 radical (unpaired) electrons. The molecule has 1 aromatic carbocycles. The van der Waals surface area contributed by atoms with E-state index in [-0.39, 0.29) is 24.0 Å². The fourth-order valence-electron chi connectivity index (χ4n) is 4.71. The lowest BCUT2D eigenvalue weighted by Crippen LogP contribution is -2.52. The second kappa shape index (κ2) is 10.3. The van der Waals surface area contributed by atoms with E-state index in [0.29, 0.717) is 50.7 Å². The molecule has 216 valence electrons. The van der Waals surface area contributed by atoms with Crippen LogP contribution in [0, 0.1) is 30.6 Å². The highest BCUT2D eigenvalue weighted by Crippen LogP contribution is 2.53. The average Bonchev–Trinajstić information content (AvgIpc) is 3.62. The van der Waals surface area contributed by atoms with Crippen LogP contribution in [0.4, 0.5) is 28.9 Å². The molecule has 2 aromatic heterocycles. The van der Waals surface area contributed by atoms with Crippen LogP contribution in [0.15, 0.2) is 42.3 Å². The van der Waals surface area contributed by atoms with Crippen LogP contribution in [-0.2, 0) is 0 Å². The minimum absolute atomic E-state index is 0.0708. The summed E-state index contributed by atoms with van der Waals surface area (Å²) in [5.41, 5.74) is 6.02. The maximum atomic E-state index is 14.0. The molecule has 0 unspecified atom stereocenters. The lowest BCUT2D eigenvalue weighted by atomic mass is 9.96. The second-order valence-corrected chi connectivity index (χ2v) is 11.9. The summed E-state index contributed by atoms with van der Waals surface area (Å²) in [5.74, 6) is 1.94. The summed E-state index contributed by atoms with van der Waals surface area (Å²) in [5, 5.41) is 8.43. The highest BCUT2D eigenvalue weighted by atomic mass is 35.5. The van der Waals surface area contributed by atoms with E-state index in [9.17, 15) is 17.6 Å². The van der Waals surface area contributed by atoms with Crippen molar-refractivity contribution in [3.8, 4) is 12.3 Å². The van der Waals surface area contributed by atoms with Crippen molar-refractivity contribution >= 4 is 33.9 Å². The molecule has 0 amide bonds. The molecule has 0 spiro atoms. The van der Waals surface area contributed by atoms with E-state index < -0.39 is 29.9 Å². The summed E-state index contributed by atoms with van der Waals surface area (Å²) < 4.78 is 64.5. The summed E-state index contributed by atoms with van der Waals surface area (Å²) in [6.45, 7) is 8.41. The quantitative estimate of drug-likeness (QED) is 0.141. The Morgan fingerprint density at radius 2 is 2.00 bits per heavy atom. The number of aryl methyl sites for hydroxylation is 1. The molecule has 41 heavy (non-hydrogen) atoms. The standard InChI is InChI=1S/C29H30ClF4N7/c1-6-17-13-35-25-20(24(17)36-15-27(3,4)5)11-18(12-21(25)30)38-26(19-7-8-23(31)37-16(19)2)22-14-41(40-39-22)28(9-10-28)29(32,33)34/h1,7-8,11-14,26,38-40H,9-10,15H2,2-5H3,(H,35,36)/t26-/m0/s1/i14D. The first-order valence-electron chi connectivity index (χ1n) is 13.5. The van der Waals surface area contributed by atoms with E-state index in [4.69, 9.17) is 19.4 Å². The Bertz CT molecular complexity index is 1620. The number of nitrogens with zero attached hydrogens (tertiary/aromatic N) is 3. The summed E-state index contributed by atoms with van der Waals surface area (Å²) in [4.78, 5) is 8.35. The van der Waals surface area contributed by atoms with Gasteiger partial charge in [0.1, 0.15) is 0 Å². The first kappa shape index (κ1) is 27.4. The third-order valence-electron chi connectivity index (χ3n) is 7.09. The lowest BCUT2D eigenvalue weighted by molar-refractivity contribution is -0.195. The van der Waals surface area contributed by atoms with Gasteiger partial charge in [0.25, 0.3) is 0 Å². The zero-order chi connectivity index (χ0) is 30.6. The van der Waals surface area contributed by atoms with Crippen LogP contribution in [0.1, 0.15) is 57.8 Å². The number of hydrazine groups is 2. The van der Waals surface area contributed by atoms with E-state index in [2.05, 4.69) is 58.3 Å². The first-order chi connectivity index (χ1) is 19.6. The fraction of sp³-hybridized carbons (Fsp3) is 0.379. The van der Waals surface area contributed by atoms with Gasteiger partial charge in [-0.1, -0.05) is 44.4 Å². The molecule has 12 heteroatoms. The number of hydrogen-bond acceptors (Lipinski definition) is 7. The highest BCUT2D eigenvalue weighted by Gasteiger charge is 2.67. The van der Waals surface area contributed by atoms with E-state index in [1.54, 1.807) is 25.3 Å². The molecule has 3 aromatic rings. The van der Waals surface area contributed by atoms with E-state index in [1.807, 2.05) is 0 Å². The van der Waals surface area contributed by atoms with Crippen molar-refractivity contribution in [1.82, 2.24) is 25.9 Å². The van der Waals surface area contributed by atoms with Gasteiger partial charge in [0.15, 0.2) is 5.54 Å². The maximum Gasteiger partial charge on any atom is 0.413 e. The summed E-state index contributed by atoms with van der Waals surface area (Å²) >= 11 is 6.68. The number of alkyl halides is 3. The molecule has 1 aliphatic carbocycles. The Balaban J connectivity index is 1.62. The van der Waals surface area contributed by atoms with Crippen molar-refractivity contribution in [2.75, 3.05) is 17.2 Å². The lowest BCUT2D eigenvalue weighted by Gasteiger charge is -2.28. The molecule has 4 N–H and O–H groups in total. The van der Waals surface area contributed by atoms with Gasteiger partial charge in [-0.3, -0.25) is 9.99 Å². The summed E-state index contributed by atoms with van der Waals surface area (Å²) in [6, 6.07) is 5.11. The molecule has 1 atom stereocenters. The number of fused-ring (bicyclic) bond motifs is 1. The van der Waals surface area contributed by atoms with Gasteiger partial charge >= 0.3 is 6.18 Å². The molecule has 1 aliphatic heterocycles. The van der Waals surface area contributed by atoms with E-state index >= 15 is 0 Å². The van der Waals surface area contributed by atoms with Crippen LogP contribution in [0.25, 0.3) is 10.9 Å². The van der Waals surface area contributed by atoms with E-state index in [1.165, 1.54) is 6.07 Å². The van der Waals surface area contributed by atoms with Gasteiger partial charge in [-0.15, -0.1) is 12.0 Å². The Labute approximate surface area is 242 Å². The maximum absolute atomic E-state index is 14.0. The number of halogens is 5. The summed E-state index contributed by atoms with van der Waals surface area (Å²) in [6.07, 6.45) is 2.10. The van der Waals surface area contributed by atoms with Gasteiger partial charge in [-0.2, -0.15) is 17.6 Å². The Hall–Kier alpha value is -3.75. The predicted octanol–water partition coefficient (Wildman–Crippen LogP) is 6.58. The molecule has 5 rings (SSSR count). The van der Waals surface area contributed by atoms with E-state index in [0.717, 1.165) is 11.1 Å². The van der Waals surface area contributed by atoms with Crippen LogP contribution in [0.3, 0.4) is 0 Å². The van der Waals surface area contributed by atoms with Crippen LogP contribution in [0.2, 0.25) is 5.02 Å². The zero-order valence-corrected chi connectivity index (χ0v) is 23.7. The Morgan fingerprint density at radius 3 is 2.61 bits per heavy atom. The van der Waals surface area contributed by atoms with Gasteiger partial charge in [0.2, 0.25) is 5.95 Å². The third-order valence-corrected chi connectivity index (χ3v) is 7.38. The number of pyridine rings is 2. The third kappa shape index (κ3) is 5.59. The predicted molar refractivity (Wildman–Crippen MR) is 152 cm³/mol. The van der Waals surface area contributed by atoms with Crippen LogP contribution >= 0.6 is 11.6 Å². The van der Waals surface area contributed by atoms with Crippen molar-refractivity contribution in [2.24, 2.45) is 5.41 Å². The average molecular weight is 589 g/mol. The second-order valence-electron chi connectivity index (χ2n) is 11.5. The molecular weight excluding hydrogens is 558 g/mol. The molecule has 3 heterocycles. The number of aromatic nitrogens is 2. The number of nitrogens with one attached hydrogen (secondary N) is 4. The molecule has 1 fully saturated rings. The SMILES string of the molecule is [2H]C1=C([C@@H](Nc2cc(Cl)c3ncc(C#C)c(NCC(C)(C)C)c3c2)c2ccc(F)nc2C)NNN1C1(C(F)(F)F)CC1. The first-order valence-corrected chi connectivity index (χ1v) is 13.3. The topological polar surface area (TPSA) is 77.1 Å². The Morgan fingerprint density at radius 1 is 1.27 bits per heavy atom. The molecule has 1 saturated carbocycles. The van der Waals surface area contributed by atoms with Crippen LogP contribution in [-0.4, -0.2) is 33.2 Å². The van der Waals surface area contributed by atoms with Crippen molar-refractivity contribution in [3.05, 3.63) is 70.1 Å². The number of rotatable bonds is 7. The monoisotopic (exact) mass is 588 g/mol. The number of anilines is 2. The van der Waals surface area contributed by atoms with Crippen molar-refractivity contribution in [1.29, 1.82) is 0 Å². The summed E-state index contributed by atoms with van der Waals surface area (Å²) in [7, 11) is 0. The minimum Gasteiger partial charge on any atom is -0.383 e. The van der Waals surface area contributed by atoms with Gasteiger partial charge in [0, 0.05) is 41.2 Å². The molecule has 2 aliphatic rings. The molecule has 0 bridgehead atoms. The molecule has 0 saturated heterocycles. The largest absolute Gasteiger partial charge is 0.413 e. The van der Waals surface area contributed by atoms with Gasteiger partial charge in [0.05, 0.1) is 34.9 Å². The van der Waals surface area contributed by atoms with Gasteiger partial charge in [-0.05, 0) is 43.4 Å². The number of terminal acetylenes is 1. The fourth-order valence-corrected chi connectivity index (χ4v) is 4.98. The number of hydrogen-bond donors (Lipinski definition) is 4. The normalized spacial score (nSPS) is 17.7. The Kier molecular flexibility index (Phi) is 6.86. The smallest absolute Gasteiger partial charge is 0.383 e. The van der Waals surface area contributed by atoms with Crippen LogP contribution in [0.5, 0.6) is 0 Å². The number of benzene rings is 1. The van der Waals surface area contributed by atoms with Crippen LogP contribution < -0.4 is 21.6 Å². The molecular formula is C29H30ClF4N7. The minimum atomic E-state index is -4.55. The van der Waals surface area contributed by atoms with Gasteiger partial charge in [-0.25, -0.2) is 4.98 Å². The van der Waals surface area contributed by atoms with Crippen molar-refractivity contribution < 1.29 is 18.9 Å².